The van der Waals surface area contributed by atoms with Crippen LogP contribution >= 0.6 is 0 Å². The molecule has 0 aliphatic carbocycles. The van der Waals surface area contributed by atoms with Crippen LogP contribution in [0.15, 0.2) is 79.0 Å². The number of carbonyl (C=O) groups is 1. The Morgan fingerprint density at radius 3 is 2.33 bits per heavy atom. The molecule has 0 unspecified atom stereocenters. The molecule has 0 radical (unpaired) electrons. The van der Waals surface area contributed by atoms with Gasteiger partial charge in [-0.25, -0.2) is 4.98 Å². The number of rotatable bonds is 5. The largest absolute Gasteiger partial charge is 0.345 e. The normalized spacial score (nSPS) is 10.4. The van der Waals surface area contributed by atoms with Gasteiger partial charge >= 0.3 is 0 Å². The number of benzene rings is 2. The van der Waals surface area contributed by atoms with E-state index in [-0.39, 0.29) is 5.91 Å². The molecule has 0 saturated heterocycles. The van der Waals surface area contributed by atoms with Crippen LogP contribution in [0.1, 0.15) is 12.7 Å². The molecule has 4 heteroatoms. The van der Waals surface area contributed by atoms with Crippen LogP contribution in [0.5, 0.6) is 0 Å². The van der Waals surface area contributed by atoms with Crippen molar-refractivity contribution in [1.82, 2.24) is 14.9 Å². The SMILES string of the molecule is C=C(C)C(=O)NCc1nc(-c2ccccc2)cn1-c1ccccc1. The first-order valence-electron chi connectivity index (χ1n) is 7.78. The second-order valence-electron chi connectivity index (χ2n) is 5.58. The van der Waals surface area contributed by atoms with E-state index in [1.807, 2.05) is 71.4 Å². The van der Waals surface area contributed by atoms with Crippen molar-refractivity contribution in [2.75, 3.05) is 0 Å². The summed E-state index contributed by atoms with van der Waals surface area (Å²) in [6, 6.07) is 20.0. The van der Waals surface area contributed by atoms with Gasteiger partial charge in [-0.2, -0.15) is 0 Å². The lowest BCUT2D eigenvalue weighted by Gasteiger charge is -2.08. The Morgan fingerprint density at radius 1 is 1.08 bits per heavy atom. The topological polar surface area (TPSA) is 46.9 Å². The van der Waals surface area contributed by atoms with Gasteiger partial charge in [-0.1, -0.05) is 55.1 Å². The van der Waals surface area contributed by atoms with Crippen LogP contribution < -0.4 is 5.32 Å². The summed E-state index contributed by atoms with van der Waals surface area (Å²) in [6.45, 7) is 5.69. The molecule has 0 aliphatic rings. The van der Waals surface area contributed by atoms with Gasteiger partial charge < -0.3 is 9.88 Å². The van der Waals surface area contributed by atoms with Gasteiger partial charge in [0.15, 0.2) is 0 Å². The summed E-state index contributed by atoms with van der Waals surface area (Å²) in [5.74, 6) is 0.605. The number of imidazole rings is 1. The molecule has 1 heterocycles. The smallest absolute Gasteiger partial charge is 0.246 e. The lowest BCUT2D eigenvalue weighted by atomic mass is 10.2. The summed E-state index contributed by atoms with van der Waals surface area (Å²) in [4.78, 5) is 16.5. The molecule has 0 aliphatic heterocycles. The third-order valence-corrected chi connectivity index (χ3v) is 3.68. The first kappa shape index (κ1) is 15.7. The third kappa shape index (κ3) is 3.43. The van der Waals surface area contributed by atoms with Crippen LogP contribution in [-0.2, 0) is 11.3 Å². The summed E-state index contributed by atoms with van der Waals surface area (Å²) in [5, 5.41) is 2.85. The van der Waals surface area contributed by atoms with E-state index in [1.165, 1.54) is 0 Å². The zero-order valence-corrected chi connectivity index (χ0v) is 13.6. The maximum atomic E-state index is 11.8. The van der Waals surface area contributed by atoms with E-state index in [9.17, 15) is 4.79 Å². The number of aromatic nitrogens is 2. The van der Waals surface area contributed by atoms with Gasteiger partial charge in [0.05, 0.1) is 12.2 Å². The molecule has 3 rings (SSSR count). The molecule has 0 atom stereocenters. The average molecular weight is 317 g/mol. The number of hydrogen-bond donors (Lipinski definition) is 1. The van der Waals surface area contributed by atoms with E-state index in [1.54, 1.807) is 6.92 Å². The number of amides is 1. The molecule has 3 aromatic rings. The molecule has 1 aromatic heterocycles. The van der Waals surface area contributed by atoms with Crippen LogP contribution in [0.2, 0.25) is 0 Å². The lowest BCUT2D eigenvalue weighted by Crippen LogP contribution is -2.24. The molecule has 24 heavy (non-hydrogen) atoms. The van der Waals surface area contributed by atoms with Crippen molar-refractivity contribution in [3.8, 4) is 16.9 Å². The van der Waals surface area contributed by atoms with Crippen molar-refractivity contribution in [3.05, 3.63) is 84.8 Å². The average Bonchev–Trinajstić information content (AvgIpc) is 3.05. The lowest BCUT2D eigenvalue weighted by molar-refractivity contribution is -0.117. The predicted octanol–water partition coefficient (Wildman–Crippen LogP) is 3.73. The second-order valence-corrected chi connectivity index (χ2v) is 5.58. The van der Waals surface area contributed by atoms with Crippen molar-refractivity contribution in [3.63, 3.8) is 0 Å². The van der Waals surface area contributed by atoms with Crippen LogP contribution in [0.3, 0.4) is 0 Å². The monoisotopic (exact) mass is 317 g/mol. The number of para-hydroxylation sites is 1. The van der Waals surface area contributed by atoms with E-state index < -0.39 is 0 Å². The summed E-state index contributed by atoms with van der Waals surface area (Å²) < 4.78 is 2.00. The highest BCUT2D eigenvalue weighted by Crippen LogP contribution is 2.21. The summed E-state index contributed by atoms with van der Waals surface area (Å²) in [7, 11) is 0. The molecule has 4 nitrogen and oxygen atoms in total. The highest BCUT2D eigenvalue weighted by atomic mass is 16.1. The highest BCUT2D eigenvalue weighted by molar-refractivity contribution is 5.91. The van der Waals surface area contributed by atoms with E-state index in [4.69, 9.17) is 4.98 Å². The minimum atomic E-state index is -0.168. The number of nitrogens with one attached hydrogen (secondary N) is 1. The molecule has 0 saturated carbocycles. The third-order valence-electron chi connectivity index (χ3n) is 3.68. The number of carbonyl (C=O) groups excluding carboxylic acids is 1. The second kappa shape index (κ2) is 6.96. The summed E-state index contributed by atoms with van der Waals surface area (Å²) in [6.07, 6.45) is 1.99. The Labute approximate surface area is 141 Å². The van der Waals surface area contributed by atoms with Crippen molar-refractivity contribution in [2.24, 2.45) is 0 Å². The van der Waals surface area contributed by atoms with Crippen molar-refractivity contribution < 1.29 is 4.79 Å². The fraction of sp³-hybridized carbons (Fsp3) is 0.100. The first-order chi connectivity index (χ1) is 11.6. The molecular weight excluding hydrogens is 298 g/mol. The van der Waals surface area contributed by atoms with E-state index in [0.717, 1.165) is 22.8 Å². The molecule has 1 amide bonds. The fourth-order valence-corrected chi connectivity index (χ4v) is 2.41. The zero-order chi connectivity index (χ0) is 16.9. The Bertz CT molecular complexity index is 851. The Morgan fingerprint density at radius 2 is 1.71 bits per heavy atom. The van der Waals surface area contributed by atoms with Gasteiger partial charge in [-0.15, -0.1) is 0 Å². The summed E-state index contributed by atoms with van der Waals surface area (Å²) in [5.41, 5.74) is 3.40. The molecule has 1 N–H and O–H groups in total. The first-order valence-corrected chi connectivity index (χ1v) is 7.78. The standard InChI is InChI=1S/C20H19N3O/c1-15(2)20(24)21-13-19-22-18(16-9-5-3-6-10-16)14-23(19)17-11-7-4-8-12-17/h3-12,14H,1,13H2,2H3,(H,21,24). The van der Waals surface area contributed by atoms with Gasteiger partial charge in [0.25, 0.3) is 0 Å². The van der Waals surface area contributed by atoms with Gasteiger partial charge in [0.1, 0.15) is 5.82 Å². The van der Waals surface area contributed by atoms with Crippen LogP contribution in [0.25, 0.3) is 16.9 Å². The highest BCUT2D eigenvalue weighted by Gasteiger charge is 2.12. The van der Waals surface area contributed by atoms with Gasteiger partial charge in [0, 0.05) is 23.0 Å². The maximum Gasteiger partial charge on any atom is 0.246 e. The van der Waals surface area contributed by atoms with Crippen LogP contribution in [0.4, 0.5) is 0 Å². The van der Waals surface area contributed by atoms with E-state index in [0.29, 0.717) is 12.1 Å². The van der Waals surface area contributed by atoms with E-state index in [2.05, 4.69) is 11.9 Å². The molecule has 2 aromatic carbocycles. The minimum Gasteiger partial charge on any atom is -0.345 e. The molecule has 0 spiro atoms. The van der Waals surface area contributed by atoms with Gasteiger partial charge in [0.2, 0.25) is 5.91 Å². The van der Waals surface area contributed by atoms with Gasteiger partial charge in [-0.3, -0.25) is 4.79 Å². The van der Waals surface area contributed by atoms with Crippen LogP contribution in [0, 0.1) is 0 Å². The maximum absolute atomic E-state index is 11.8. The Hall–Kier alpha value is -3.14. The van der Waals surface area contributed by atoms with Crippen molar-refractivity contribution in [2.45, 2.75) is 13.5 Å². The number of hydrogen-bond acceptors (Lipinski definition) is 2. The number of nitrogens with zero attached hydrogens (tertiary/aromatic N) is 2. The fourth-order valence-electron chi connectivity index (χ4n) is 2.41. The Balaban J connectivity index is 1.97. The Kier molecular flexibility index (Phi) is 4.57. The van der Waals surface area contributed by atoms with Crippen LogP contribution in [-0.4, -0.2) is 15.5 Å². The van der Waals surface area contributed by atoms with E-state index >= 15 is 0 Å². The molecule has 120 valence electrons. The van der Waals surface area contributed by atoms with Crippen molar-refractivity contribution >= 4 is 5.91 Å². The molecular formula is C20H19N3O. The minimum absolute atomic E-state index is 0.168. The van der Waals surface area contributed by atoms with Crippen molar-refractivity contribution in [1.29, 1.82) is 0 Å². The molecule has 0 bridgehead atoms. The molecule has 0 fully saturated rings. The quantitative estimate of drug-likeness (QED) is 0.729. The summed E-state index contributed by atoms with van der Waals surface area (Å²) >= 11 is 0. The zero-order valence-electron chi connectivity index (χ0n) is 13.6. The van der Waals surface area contributed by atoms with Gasteiger partial charge in [-0.05, 0) is 19.1 Å². The predicted molar refractivity (Wildman–Crippen MR) is 95.7 cm³/mol.